The SMILES string of the molecule is O=C1CCc2cc(F)ccc2N1Cc1ccc(F)cc1Br. The topological polar surface area (TPSA) is 20.3 Å². The highest BCUT2D eigenvalue weighted by Gasteiger charge is 2.25. The molecule has 1 aliphatic heterocycles. The Kier molecular flexibility index (Phi) is 3.76. The van der Waals surface area contributed by atoms with E-state index in [1.165, 1.54) is 24.3 Å². The number of fused-ring (bicyclic) bond motifs is 1. The predicted molar refractivity (Wildman–Crippen MR) is 80.0 cm³/mol. The molecule has 21 heavy (non-hydrogen) atoms. The minimum atomic E-state index is -0.335. The minimum Gasteiger partial charge on any atom is -0.308 e. The average Bonchev–Trinajstić information content (AvgIpc) is 2.44. The van der Waals surface area contributed by atoms with Crippen molar-refractivity contribution in [1.29, 1.82) is 0 Å². The molecule has 0 atom stereocenters. The third-order valence-electron chi connectivity index (χ3n) is 3.59. The largest absolute Gasteiger partial charge is 0.308 e. The summed E-state index contributed by atoms with van der Waals surface area (Å²) in [5.74, 6) is -0.644. The van der Waals surface area contributed by atoms with Gasteiger partial charge in [0.1, 0.15) is 11.6 Å². The van der Waals surface area contributed by atoms with Crippen molar-refractivity contribution in [1.82, 2.24) is 0 Å². The molecule has 108 valence electrons. The van der Waals surface area contributed by atoms with Crippen LogP contribution in [0.3, 0.4) is 0 Å². The van der Waals surface area contributed by atoms with Gasteiger partial charge in [0, 0.05) is 16.6 Å². The summed E-state index contributed by atoms with van der Waals surface area (Å²) < 4.78 is 27.1. The van der Waals surface area contributed by atoms with Crippen molar-refractivity contribution in [2.75, 3.05) is 4.90 Å². The summed E-state index contributed by atoms with van der Waals surface area (Å²) in [7, 11) is 0. The molecule has 0 N–H and O–H groups in total. The van der Waals surface area contributed by atoms with Gasteiger partial charge < -0.3 is 4.90 Å². The van der Waals surface area contributed by atoms with Crippen molar-refractivity contribution < 1.29 is 13.6 Å². The first-order valence-electron chi connectivity index (χ1n) is 6.57. The van der Waals surface area contributed by atoms with Crippen LogP contribution in [0.5, 0.6) is 0 Å². The van der Waals surface area contributed by atoms with Gasteiger partial charge in [-0.1, -0.05) is 22.0 Å². The molecule has 1 amide bonds. The molecule has 0 radical (unpaired) electrons. The Balaban J connectivity index is 1.96. The Morgan fingerprint density at radius 1 is 1.05 bits per heavy atom. The number of aryl methyl sites for hydroxylation is 1. The van der Waals surface area contributed by atoms with Crippen LogP contribution < -0.4 is 4.90 Å². The van der Waals surface area contributed by atoms with Gasteiger partial charge in [-0.05, 0) is 47.9 Å². The molecule has 0 saturated heterocycles. The Bertz CT molecular complexity index is 717. The molecule has 1 aliphatic rings. The van der Waals surface area contributed by atoms with Crippen LogP contribution in [-0.2, 0) is 17.8 Å². The molecule has 3 rings (SSSR count). The molecule has 2 aromatic carbocycles. The highest BCUT2D eigenvalue weighted by Crippen LogP contribution is 2.31. The summed E-state index contributed by atoms with van der Waals surface area (Å²) in [6.07, 6.45) is 0.905. The molecule has 2 nitrogen and oxygen atoms in total. The van der Waals surface area contributed by atoms with Crippen LogP contribution in [0.1, 0.15) is 17.5 Å². The van der Waals surface area contributed by atoms with Gasteiger partial charge in [0.15, 0.2) is 0 Å². The van der Waals surface area contributed by atoms with E-state index >= 15 is 0 Å². The Labute approximate surface area is 129 Å². The van der Waals surface area contributed by atoms with Gasteiger partial charge in [0.2, 0.25) is 5.91 Å². The molecule has 0 bridgehead atoms. The van der Waals surface area contributed by atoms with E-state index in [-0.39, 0.29) is 17.5 Å². The lowest BCUT2D eigenvalue weighted by molar-refractivity contribution is -0.119. The maximum Gasteiger partial charge on any atom is 0.227 e. The highest BCUT2D eigenvalue weighted by molar-refractivity contribution is 9.10. The number of anilines is 1. The van der Waals surface area contributed by atoms with E-state index in [0.717, 1.165) is 16.8 Å². The van der Waals surface area contributed by atoms with E-state index in [0.29, 0.717) is 23.9 Å². The minimum absolute atomic E-state index is 0.00895. The smallest absolute Gasteiger partial charge is 0.227 e. The molecule has 0 fully saturated rings. The van der Waals surface area contributed by atoms with Crippen LogP contribution in [0.15, 0.2) is 40.9 Å². The third-order valence-corrected chi connectivity index (χ3v) is 4.32. The van der Waals surface area contributed by atoms with E-state index < -0.39 is 0 Å². The molecule has 0 unspecified atom stereocenters. The first kappa shape index (κ1) is 14.2. The summed E-state index contributed by atoms with van der Waals surface area (Å²) in [5, 5.41) is 0. The van der Waals surface area contributed by atoms with Crippen molar-refractivity contribution in [3.05, 3.63) is 63.6 Å². The predicted octanol–water partition coefficient (Wildman–Crippen LogP) is 4.21. The summed E-state index contributed by atoms with van der Waals surface area (Å²) in [5.41, 5.74) is 2.36. The monoisotopic (exact) mass is 351 g/mol. The Morgan fingerprint density at radius 3 is 2.52 bits per heavy atom. The molecule has 2 aromatic rings. The second-order valence-corrected chi connectivity index (χ2v) is 5.84. The molecule has 1 heterocycles. The van der Waals surface area contributed by atoms with Crippen LogP contribution in [0.4, 0.5) is 14.5 Å². The quantitative estimate of drug-likeness (QED) is 0.793. The first-order chi connectivity index (χ1) is 10.0. The molecule has 0 aliphatic carbocycles. The van der Waals surface area contributed by atoms with Gasteiger partial charge >= 0.3 is 0 Å². The van der Waals surface area contributed by atoms with Crippen molar-refractivity contribution in [2.45, 2.75) is 19.4 Å². The van der Waals surface area contributed by atoms with Gasteiger partial charge in [-0.2, -0.15) is 0 Å². The van der Waals surface area contributed by atoms with Gasteiger partial charge in [0.25, 0.3) is 0 Å². The van der Waals surface area contributed by atoms with Crippen LogP contribution >= 0.6 is 15.9 Å². The number of carbonyl (C=O) groups excluding carboxylic acids is 1. The highest BCUT2D eigenvalue weighted by atomic mass is 79.9. The van der Waals surface area contributed by atoms with E-state index in [9.17, 15) is 13.6 Å². The lowest BCUT2D eigenvalue weighted by atomic mass is 10.0. The van der Waals surface area contributed by atoms with Crippen molar-refractivity contribution in [3.8, 4) is 0 Å². The summed E-state index contributed by atoms with van der Waals surface area (Å²) >= 11 is 3.31. The normalized spacial score (nSPS) is 14.2. The number of halogens is 3. The molecule has 0 aromatic heterocycles. The van der Waals surface area contributed by atoms with E-state index in [1.54, 1.807) is 17.0 Å². The van der Waals surface area contributed by atoms with Gasteiger partial charge in [-0.15, -0.1) is 0 Å². The number of hydrogen-bond acceptors (Lipinski definition) is 1. The zero-order chi connectivity index (χ0) is 15.0. The average molecular weight is 352 g/mol. The zero-order valence-corrected chi connectivity index (χ0v) is 12.7. The summed E-state index contributed by atoms with van der Waals surface area (Å²) in [6.45, 7) is 0.332. The Hall–Kier alpha value is -1.75. The second-order valence-electron chi connectivity index (χ2n) is 4.99. The number of nitrogens with zero attached hydrogens (tertiary/aromatic N) is 1. The van der Waals surface area contributed by atoms with Crippen LogP contribution in [0, 0.1) is 11.6 Å². The molecule has 0 saturated carbocycles. The van der Waals surface area contributed by atoms with Gasteiger partial charge in [-0.25, -0.2) is 8.78 Å². The second kappa shape index (κ2) is 5.56. The Morgan fingerprint density at radius 2 is 1.76 bits per heavy atom. The fourth-order valence-electron chi connectivity index (χ4n) is 2.52. The number of benzene rings is 2. The van der Waals surface area contributed by atoms with Crippen LogP contribution in [0.2, 0.25) is 0 Å². The molecular weight excluding hydrogens is 340 g/mol. The summed E-state index contributed by atoms with van der Waals surface area (Å²) in [4.78, 5) is 13.8. The molecular formula is C16H12BrF2NO. The summed E-state index contributed by atoms with van der Waals surface area (Å²) in [6, 6.07) is 8.82. The first-order valence-corrected chi connectivity index (χ1v) is 7.36. The van der Waals surface area contributed by atoms with Gasteiger partial charge in [0.05, 0.1) is 6.54 Å². The lowest BCUT2D eigenvalue weighted by Crippen LogP contribution is -2.34. The third kappa shape index (κ3) is 2.83. The number of rotatable bonds is 2. The molecule has 0 spiro atoms. The standard InChI is InChI=1S/C16H12BrF2NO/c17-14-8-13(19)3-1-11(14)9-20-15-5-4-12(18)7-10(15)2-6-16(20)21/h1,3-5,7-8H,2,6,9H2. The van der Waals surface area contributed by atoms with Crippen molar-refractivity contribution >= 4 is 27.5 Å². The van der Waals surface area contributed by atoms with Crippen molar-refractivity contribution in [3.63, 3.8) is 0 Å². The maximum atomic E-state index is 13.3. The number of carbonyl (C=O) groups is 1. The zero-order valence-electron chi connectivity index (χ0n) is 11.1. The van der Waals surface area contributed by atoms with E-state index in [4.69, 9.17) is 0 Å². The maximum absolute atomic E-state index is 13.3. The van der Waals surface area contributed by atoms with Crippen LogP contribution in [-0.4, -0.2) is 5.91 Å². The van der Waals surface area contributed by atoms with Gasteiger partial charge in [-0.3, -0.25) is 4.79 Å². The fourth-order valence-corrected chi connectivity index (χ4v) is 3.00. The van der Waals surface area contributed by atoms with Crippen molar-refractivity contribution in [2.24, 2.45) is 0 Å². The van der Waals surface area contributed by atoms with Crippen LogP contribution in [0.25, 0.3) is 0 Å². The lowest BCUT2D eigenvalue weighted by Gasteiger charge is -2.29. The molecule has 5 heteroatoms. The fraction of sp³-hybridized carbons (Fsp3) is 0.188. The number of hydrogen-bond donors (Lipinski definition) is 0. The van der Waals surface area contributed by atoms with E-state index in [2.05, 4.69) is 15.9 Å². The van der Waals surface area contributed by atoms with E-state index in [1.807, 2.05) is 0 Å². The number of amides is 1.